The fraction of sp³-hybridized carbons (Fsp3) is 0.759. The number of nitrogens with zero attached hydrogens (tertiary/aromatic N) is 1. The zero-order chi connectivity index (χ0) is 51.2. The van der Waals surface area contributed by atoms with Gasteiger partial charge in [0.2, 0.25) is 5.79 Å². The van der Waals surface area contributed by atoms with Gasteiger partial charge in [0.1, 0.15) is 30.1 Å². The molecule has 0 aromatic rings. The summed E-state index contributed by atoms with van der Waals surface area (Å²) < 4.78 is 35.8. The number of ether oxygens (including phenoxy) is 6. The quantitative estimate of drug-likeness (QED) is 0.127. The van der Waals surface area contributed by atoms with Crippen molar-refractivity contribution in [3.8, 4) is 0 Å². The molecule has 0 unspecified atom stereocenters. The SMILES string of the molecule is CO[C@H]1C[C@]2(C)CC[C@@H](C)[C@@](O)(O2)C(=O)C(=O)N2CCCC[C@H]2C(=O)O[C@H]([C@H](C)C[C@@H]2CC[C@@H](OCCO)[C@H](OC)C2)CC(=O)[C@H](C)/C=C(\C)[C@@H](O)[C@@H](OC)C(=O)[C@H](C)C[C@H](C)/C=C/C=CC=C1C. The van der Waals surface area contributed by atoms with Crippen LogP contribution in [0.2, 0.25) is 0 Å². The number of carbonyl (C=O) groups excluding carboxylic acids is 5. The average Bonchev–Trinajstić information content (AvgIpc) is 3.32. The number of allylic oxidation sites excluding steroid dienone is 6. The number of ketones is 3. The largest absolute Gasteiger partial charge is 0.460 e. The lowest BCUT2D eigenvalue weighted by Crippen LogP contribution is -2.62. The zero-order valence-electron chi connectivity index (χ0n) is 43.4. The van der Waals surface area contributed by atoms with Crippen molar-refractivity contribution in [1.29, 1.82) is 0 Å². The first-order valence-electron chi connectivity index (χ1n) is 25.4. The molecule has 15 atom stereocenters. The molecule has 3 aliphatic heterocycles. The molecule has 1 saturated carbocycles. The molecular formula is C54H85NO14. The lowest BCUT2D eigenvalue weighted by Gasteiger charge is -2.47. The molecule has 2 saturated heterocycles. The molecule has 0 radical (unpaired) electrons. The van der Waals surface area contributed by atoms with Crippen LogP contribution < -0.4 is 0 Å². The number of cyclic esters (lactones) is 1. The summed E-state index contributed by atoms with van der Waals surface area (Å²) in [6.07, 6.45) is 12.5. The number of aliphatic hydroxyl groups excluding tert-OH is 2. The average molecular weight is 972 g/mol. The lowest BCUT2D eigenvalue weighted by molar-refractivity contribution is -0.294. The van der Waals surface area contributed by atoms with Crippen LogP contribution in [0.5, 0.6) is 0 Å². The zero-order valence-corrected chi connectivity index (χ0v) is 43.4. The van der Waals surface area contributed by atoms with Gasteiger partial charge in [-0.3, -0.25) is 19.2 Å². The highest BCUT2D eigenvalue weighted by atomic mass is 16.6. The fourth-order valence-electron chi connectivity index (χ4n) is 10.8. The second-order valence-electron chi connectivity index (χ2n) is 20.9. The van der Waals surface area contributed by atoms with Gasteiger partial charge >= 0.3 is 5.97 Å². The Hall–Kier alpha value is -3.41. The lowest BCUT2D eigenvalue weighted by atomic mass is 9.78. The highest BCUT2D eigenvalue weighted by Crippen LogP contribution is 2.43. The van der Waals surface area contributed by atoms with Gasteiger partial charge in [-0.15, -0.1) is 0 Å². The van der Waals surface area contributed by atoms with Crippen molar-refractivity contribution in [3.63, 3.8) is 0 Å². The molecule has 3 N–H and O–H groups in total. The minimum absolute atomic E-state index is 0.0111. The van der Waals surface area contributed by atoms with Crippen LogP contribution in [-0.4, -0.2) is 145 Å². The number of hydrogen-bond donors (Lipinski definition) is 3. The third-order valence-electron chi connectivity index (χ3n) is 15.3. The van der Waals surface area contributed by atoms with E-state index in [9.17, 15) is 39.3 Å². The summed E-state index contributed by atoms with van der Waals surface area (Å²) in [5.41, 5.74) is 0.196. The first kappa shape index (κ1) is 58.2. The van der Waals surface area contributed by atoms with E-state index in [4.69, 9.17) is 28.4 Å². The van der Waals surface area contributed by atoms with E-state index in [1.54, 1.807) is 48.0 Å². The molecule has 3 fully saturated rings. The van der Waals surface area contributed by atoms with E-state index < -0.39 is 77.3 Å². The molecular weight excluding hydrogens is 887 g/mol. The highest BCUT2D eigenvalue weighted by Gasteiger charge is 2.56. The summed E-state index contributed by atoms with van der Waals surface area (Å²) in [5, 5.41) is 33.0. The molecule has 4 rings (SSSR count). The number of amides is 1. The molecule has 15 heteroatoms. The van der Waals surface area contributed by atoms with Crippen molar-refractivity contribution in [2.45, 2.75) is 186 Å². The molecule has 0 aromatic heterocycles. The van der Waals surface area contributed by atoms with E-state index in [-0.39, 0.29) is 80.5 Å². The van der Waals surface area contributed by atoms with E-state index in [1.807, 2.05) is 58.1 Å². The van der Waals surface area contributed by atoms with Crippen LogP contribution in [0.15, 0.2) is 47.6 Å². The second-order valence-corrected chi connectivity index (χ2v) is 20.9. The van der Waals surface area contributed by atoms with Crippen molar-refractivity contribution in [3.05, 3.63) is 47.6 Å². The van der Waals surface area contributed by atoms with E-state index in [2.05, 4.69) is 0 Å². The predicted octanol–water partition coefficient (Wildman–Crippen LogP) is 6.59. The topological polar surface area (TPSA) is 205 Å². The molecule has 0 aromatic carbocycles. The normalized spacial score (nSPS) is 38.6. The second kappa shape index (κ2) is 26.9. The highest BCUT2D eigenvalue weighted by molar-refractivity contribution is 6.39. The van der Waals surface area contributed by atoms with Crippen LogP contribution in [0.25, 0.3) is 0 Å². The van der Waals surface area contributed by atoms with Crippen molar-refractivity contribution < 1.29 is 67.7 Å². The summed E-state index contributed by atoms with van der Waals surface area (Å²) in [4.78, 5) is 72.5. The summed E-state index contributed by atoms with van der Waals surface area (Å²) >= 11 is 0. The number of rotatable bonds is 9. The molecule has 390 valence electrons. The van der Waals surface area contributed by atoms with Crippen LogP contribution in [0.3, 0.4) is 0 Å². The van der Waals surface area contributed by atoms with Gasteiger partial charge in [0.25, 0.3) is 11.7 Å². The summed E-state index contributed by atoms with van der Waals surface area (Å²) in [5.74, 6) is -8.06. The number of fused-ring (bicyclic) bond motifs is 3. The Morgan fingerprint density at radius 3 is 2.28 bits per heavy atom. The number of Topliss-reactive ketones (excluding diaryl/α,β-unsaturated/α-hetero) is 3. The predicted molar refractivity (Wildman–Crippen MR) is 261 cm³/mol. The summed E-state index contributed by atoms with van der Waals surface area (Å²) in [6, 6.07) is -1.15. The van der Waals surface area contributed by atoms with Gasteiger partial charge in [0, 0.05) is 58.5 Å². The van der Waals surface area contributed by atoms with E-state index >= 15 is 0 Å². The van der Waals surface area contributed by atoms with E-state index in [0.717, 1.165) is 12.0 Å². The summed E-state index contributed by atoms with van der Waals surface area (Å²) in [7, 11) is 4.59. The fourth-order valence-corrected chi connectivity index (χ4v) is 10.8. The number of piperidine rings is 1. The van der Waals surface area contributed by atoms with Gasteiger partial charge in [-0.2, -0.15) is 0 Å². The smallest absolute Gasteiger partial charge is 0.329 e. The molecule has 0 spiro atoms. The van der Waals surface area contributed by atoms with E-state index in [0.29, 0.717) is 56.9 Å². The molecule has 69 heavy (non-hydrogen) atoms. The maximum Gasteiger partial charge on any atom is 0.329 e. The Morgan fingerprint density at radius 2 is 1.61 bits per heavy atom. The first-order valence-corrected chi connectivity index (χ1v) is 25.4. The van der Waals surface area contributed by atoms with Crippen LogP contribution in [0.1, 0.15) is 132 Å². The van der Waals surface area contributed by atoms with Crippen LogP contribution in [0, 0.1) is 35.5 Å². The van der Waals surface area contributed by atoms with E-state index in [1.165, 1.54) is 12.0 Å². The van der Waals surface area contributed by atoms with Crippen molar-refractivity contribution in [2.24, 2.45) is 35.5 Å². The van der Waals surface area contributed by atoms with Crippen molar-refractivity contribution >= 4 is 29.2 Å². The summed E-state index contributed by atoms with van der Waals surface area (Å²) in [6.45, 7) is 14.7. The Labute approximate surface area is 411 Å². The molecule has 1 amide bonds. The molecule has 2 bridgehead atoms. The van der Waals surface area contributed by atoms with Gasteiger partial charge in [0.15, 0.2) is 5.78 Å². The number of hydrogen-bond acceptors (Lipinski definition) is 14. The first-order chi connectivity index (χ1) is 32.6. The van der Waals surface area contributed by atoms with Crippen LogP contribution >= 0.6 is 0 Å². The number of esters is 1. The standard InChI is InChI=1S/C54H85NO14/c1-33-17-13-12-14-18-34(2)46(65-10)32-53(8)23-22-39(7)54(63,69-53)50(60)51(61)55-24-16-15-19-41(55)52(62)68-44(36(4)29-40-20-21-43(67-26-25-56)45(30-40)64-9)31-42(57)35(3)28-38(6)48(59)49(66-11)47(58)37(5)27-33/h12-14,17-18,28,33,35-37,39-41,43-46,48-49,56,59,63H,15-16,19-27,29-32H2,1-11H3/b14-12?,17-13+,34-18?,38-28+/t33-,35-,36-,37-,39-,40+,41+,43-,44+,45-,46+,48-,49+,53+,54-/m1/s1. The van der Waals surface area contributed by atoms with Gasteiger partial charge in [0.05, 0.1) is 37.1 Å². The maximum absolute atomic E-state index is 14.5. The van der Waals surface area contributed by atoms with Crippen molar-refractivity contribution in [2.75, 3.05) is 41.1 Å². The van der Waals surface area contributed by atoms with Gasteiger partial charge in [-0.1, -0.05) is 71.1 Å². The molecule has 3 heterocycles. The Bertz CT molecular complexity index is 1860. The van der Waals surface area contributed by atoms with Gasteiger partial charge in [-0.05, 0) is 114 Å². The van der Waals surface area contributed by atoms with Crippen LogP contribution in [-0.2, 0) is 52.4 Å². The maximum atomic E-state index is 14.5. The monoisotopic (exact) mass is 972 g/mol. The molecule has 1 aliphatic carbocycles. The Morgan fingerprint density at radius 1 is 0.884 bits per heavy atom. The number of methoxy groups -OCH3 is 3. The Kier molecular flexibility index (Phi) is 22.7. The minimum atomic E-state index is -2.47. The molecule has 15 nitrogen and oxygen atoms in total. The van der Waals surface area contributed by atoms with Crippen molar-refractivity contribution in [1.82, 2.24) is 4.90 Å². The number of carbonyl (C=O) groups is 5. The van der Waals surface area contributed by atoms with Gasteiger partial charge in [-0.25, -0.2) is 4.79 Å². The van der Waals surface area contributed by atoms with Gasteiger partial charge < -0.3 is 48.6 Å². The minimum Gasteiger partial charge on any atom is -0.460 e. The number of aliphatic hydroxyl groups is 3. The Balaban J connectivity index is 1.72. The third kappa shape index (κ3) is 15.5. The molecule has 4 aliphatic rings. The third-order valence-corrected chi connectivity index (χ3v) is 15.3. The van der Waals surface area contributed by atoms with Crippen LogP contribution in [0.4, 0.5) is 0 Å².